The number of nitrogens with one attached hydrogen (secondary N) is 1. The van der Waals surface area contributed by atoms with Gasteiger partial charge < -0.3 is 10.1 Å². The molecule has 2 aliphatic rings. The van der Waals surface area contributed by atoms with E-state index in [0.29, 0.717) is 17.2 Å². The van der Waals surface area contributed by atoms with Crippen molar-refractivity contribution in [1.29, 1.82) is 0 Å². The Hall–Kier alpha value is -0.280. The average Bonchev–Trinajstić information content (AvgIpc) is 3.17. The Morgan fingerprint density at radius 2 is 2.10 bits per heavy atom. The van der Waals surface area contributed by atoms with Crippen LogP contribution in [-0.4, -0.2) is 18.8 Å². The van der Waals surface area contributed by atoms with Crippen LogP contribution in [0.15, 0.2) is 18.2 Å². The molecule has 1 aliphatic carbocycles. The van der Waals surface area contributed by atoms with Crippen LogP contribution in [0.1, 0.15) is 44.2 Å². The zero-order valence-electron chi connectivity index (χ0n) is 11.7. The van der Waals surface area contributed by atoms with E-state index < -0.39 is 0 Å². The predicted molar refractivity (Wildman–Crippen MR) is 83.5 cm³/mol. The molecule has 2 nitrogen and oxygen atoms in total. The molecule has 0 spiro atoms. The topological polar surface area (TPSA) is 21.3 Å². The summed E-state index contributed by atoms with van der Waals surface area (Å²) in [5, 5.41) is 5.20. The van der Waals surface area contributed by atoms with Gasteiger partial charge in [-0.1, -0.05) is 36.2 Å². The van der Waals surface area contributed by atoms with E-state index in [0.717, 1.165) is 36.0 Å². The fourth-order valence-electron chi connectivity index (χ4n) is 3.15. The van der Waals surface area contributed by atoms with Crippen LogP contribution in [0.25, 0.3) is 0 Å². The molecule has 3 unspecified atom stereocenters. The van der Waals surface area contributed by atoms with Crippen LogP contribution in [0.3, 0.4) is 0 Å². The van der Waals surface area contributed by atoms with Crippen molar-refractivity contribution in [3.63, 3.8) is 0 Å². The second kappa shape index (κ2) is 6.23. The molecule has 1 aromatic rings. The lowest BCUT2D eigenvalue weighted by Crippen LogP contribution is -2.39. The Morgan fingerprint density at radius 1 is 1.30 bits per heavy atom. The van der Waals surface area contributed by atoms with Crippen molar-refractivity contribution in [1.82, 2.24) is 5.32 Å². The summed E-state index contributed by atoms with van der Waals surface area (Å²) in [7, 11) is 0. The first-order valence-electron chi connectivity index (χ1n) is 7.51. The average molecular weight is 314 g/mol. The Morgan fingerprint density at radius 3 is 2.75 bits per heavy atom. The maximum absolute atomic E-state index is 6.34. The van der Waals surface area contributed by atoms with E-state index in [1.54, 1.807) is 0 Å². The zero-order valence-corrected chi connectivity index (χ0v) is 13.3. The smallest absolute Gasteiger partial charge is 0.0757 e. The minimum absolute atomic E-state index is 0.271. The highest BCUT2D eigenvalue weighted by atomic mass is 35.5. The monoisotopic (exact) mass is 313 g/mol. The van der Waals surface area contributed by atoms with Gasteiger partial charge in [0.2, 0.25) is 0 Å². The summed E-state index contributed by atoms with van der Waals surface area (Å²) < 4.78 is 5.90. The molecule has 0 amide bonds. The van der Waals surface area contributed by atoms with Gasteiger partial charge in [0.25, 0.3) is 0 Å². The van der Waals surface area contributed by atoms with E-state index in [1.165, 1.54) is 12.8 Å². The second-order valence-corrected chi connectivity index (χ2v) is 6.70. The van der Waals surface area contributed by atoms with Crippen LogP contribution < -0.4 is 5.32 Å². The van der Waals surface area contributed by atoms with Crippen LogP contribution in [-0.2, 0) is 4.74 Å². The predicted octanol–water partition coefficient (Wildman–Crippen LogP) is 4.60. The van der Waals surface area contributed by atoms with Crippen LogP contribution in [0, 0.1) is 5.92 Å². The molecular formula is C16H21Cl2NO. The molecule has 0 radical (unpaired) electrons. The SMILES string of the molecule is CCC(NC1CCOC1C1CC1)c1ccc(Cl)cc1Cl. The van der Waals surface area contributed by atoms with Gasteiger partial charge in [-0.3, -0.25) is 0 Å². The van der Waals surface area contributed by atoms with Crippen molar-refractivity contribution in [3.05, 3.63) is 33.8 Å². The summed E-state index contributed by atoms with van der Waals surface area (Å²) in [4.78, 5) is 0. The lowest BCUT2D eigenvalue weighted by atomic mass is 10.00. The maximum atomic E-state index is 6.34. The number of hydrogen-bond donors (Lipinski definition) is 1. The highest BCUT2D eigenvalue weighted by Gasteiger charge is 2.41. The quantitative estimate of drug-likeness (QED) is 0.857. The third-order valence-electron chi connectivity index (χ3n) is 4.38. The van der Waals surface area contributed by atoms with Crippen molar-refractivity contribution in [2.24, 2.45) is 5.92 Å². The van der Waals surface area contributed by atoms with Gasteiger partial charge in [-0.05, 0) is 49.3 Å². The number of rotatable bonds is 5. The van der Waals surface area contributed by atoms with Crippen LogP contribution >= 0.6 is 23.2 Å². The number of hydrogen-bond acceptors (Lipinski definition) is 2. The normalized spacial score (nSPS) is 27.8. The molecule has 1 saturated heterocycles. The van der Waals surface area contributed by atoms with Gasteiger partial charge in [-0.15, -0.1) is 0 Å². The van der Waals surface area contributed by atoms with E-state index in [1.807, 2.05) is 18.2 Å². The van der Waals surface area contributed by atoms with E-state index in [2.05, 4.69) is 12.2 Å². The fourth-order valence-corrected chi connectivity index (χ4v) is 3.69. The zero-order chi connectivity index (χ0) is 14.1. The summed E-state index contributed by atoms with van der Waals surface area (Å²) in [6.45, 7) is 3.06. The Bertz CT molecular complexity index is 476. The molecule has 3 atom stereocenters. The minimum Gasteiger partial charge on any atom is -0.376 e. The molecule has 0 bridgehead atoms. The van der Waals surface area contributed by atoms with Gasteiger partial charge >= 0.3 is 0 Å². The van der Waals surface area contributed by atoms with Crippen molar-refractivity contribution in [2.45, 2.75) is 50.8 Å². The number of ether oxygens (including phenoxy) is 1. The first-order chi connectivity index (χ1) is 9.69. The molecule has 1 saturated carbocycles. The van der Waals surface area contributed by atoms with Gasteiger partial charge in [-0.25, -0.2) is 0 Å². The van der Waals surface area contributed by atoms with Crippen molar-refractivity contribution in [3.8, 4) is 0 Å². The summed E-state index contributed by atoms with van der Waals surface area (Å²) in [5.74, 6) is 0.771. The molecule has 2 fully saturated rings. The molecule has 0 aromatic heterocycles. The highest BCUT2D eigenvalue weighted by Crippen LogP contribution is 2.40. The van der Waals surface area contributed by atoms with Gasteiger partial charge in [0, 0.05) is 28.7 Å². The summed E-state index contributed by atoms with van der Waals surface area (Å²) in [6.07, 6.45) is 5.15. The van der Waals surface area contributed by atoms with Crippen LogP contribution in [0.2, 0.25) is 10.0 Å². The molecule has 3 rings (SSSR count). The van der Waals surface area contributed by atoms with E-state index in [9.17, 15) is 0 Å². The van der Waals surface area contributed by atoms with Crippen LogP contribution in [0.5, 0.6) is 0 Å². The lowest BCUT2D eigenvalue weighted by molar-refractivity contribution is 0.0787. The van der Waals surface area contributed by atoms with E-state index in [-0.39, 0.29) is 6.04 Å². The fraction of sp³-hybridized carbons (Fsp3) is 0.625. The molecule has 1 heterocycles. The highest BCUT2D eigenvalue weighted by molar-refractivity contribution is 6.35. The minimum atomic E-state index is 0.271. The Labute approximate surface area is 130 Å². The summed E-state index contributed by atoms with van der Waals surface area (Å²) in [6, 6.07) is 6.50. The van der Waals surface area contributed by atoms with Gasteiger partial charge in [0.05, 0.1) is 6.10 Å². The van der Waals surface area contributed by atoms with Crippen LogP contribution in [0.4, 0.5) is 0 Å². The first kappa shape index (κ1) is 14.6. The largest absolute Gasteiger partial charge is 0.376 e. The second-order valence-electron chi connectivity index (χ2n) is 5.86. The maximum Gasteiger partial charge on any atom is 0.0757 e. The Kier molecular flexibility index (Phi) is 4.56. The van der Waals surface area contributed by atoms with Gasteiger partial charge in [0.1, 0.15) is 0 Å². The molecule has 110 valence electrons. The van der Waals surface area contributed by atoms with Gasteiger partial charge in [-0.2, -0.15) is 0 Å². The molecule has 1 aliphatic heterocycles. The third-order valence-corrected chi connectivity index (χ3v) is 4.95. The molecular weight excluding hydrogens is 293 g/mol. The molecule has 20 heavy (non-hydrogen) atoms. The summed E-state index contributed by atoms with van der Waals surface area (Å²) >= 11 is 12.3. The van der Waals surface area contributed by atoms with Gasteiger partial charge in [0.15, 0.2) is 0 Å². The summed E-state index contributed by atoms with van der Waals surface area (Å²) in [5.41, 5.74) is 1.14. The van der Waals surface area contributed by atoms with Crippen molar-refractivity contribution >= 4 is 23.2 Å². The van der Waals surface area contributed by atoms with E-state index >= 15 is 0 Å². The van der Waals surface area contributed by atoms with E-state index in [4.69, 9.17) is 27.9 Å². The van der Waals surface area contributed by atoms with Crippen molar-refractivity contribution in [2.75, 3.05) is 6.61 Å². The standard InChI is InChI=1S/C16H21Cl2NO/c1-2-14(12-6-5-11(17)9-13(12)18)19-15-7-8-20-16(15)10-3-4-10/h5-6,9-10,14-16,19H,2-4,7-8H2,1H3. The third kappa shape index (κ3) is 3.14. The molecule has 1 N–H and O–H groups in total. The van der Waals surface area contributed by atoms with Crippen molar-refractivity contribution < 1.29 is 4.74 Å². The molecule has 4 heteroatoms. The Balaban J connectivity index is 1.72. The lowest BCUT2D eigenvalue weighted by Gasteiger charge is -2.26. The number of halogens is 2. The first-order valence-corrected chi connectivity index (χ1v) is 8.27. The molecule has 1 aromatic carbocycles. The number of benzene rings is 1.